The maximum absolute atomic E-state index is 4.53. The third-order valence-corrected chi connectivity index (χ3v) is 0.167. The van der Waals surface area contributed by atoms with E-state index in [1.165, 1.54) is 0 Å². The molecule has 0 aromatic heterocycles. The lowest BCUT2D eigenvalue weighted by Gasteiger charge is -1.76. The maximum Gasteiger partial charge on any atom is 0.0651 e. The van der Waals surface area contributed by atoms with Crippen molar-refractivity contribution in [2.24, 2.45) is 5.90 Å². The largest absolute Gasteiger partial charge is 0.305 e. The summed E-state index contributed by atoms with van der Waals surface area (Å²) in [6.07, 6.45) is 0. The van der Waals surface area contributed by atoms with Crippen molar-refractivity contribution in [2.45, 2.75) is 14.4 Å². The fourth-order valence-electron chi connectivity index (χ4n) is 0. The Kier molecular flexibility index (Phi) is 16.1. The van der Waals surface area contributed by atoms with Crippen LogP contribution in [0.4, 0.5) is 0 Å². The summed E-state index contributed by atoms with van der Waals surface area (Å²) in [6, 6.07) is 0. The average Bonchev–Trinajstić information content (AvgIpc) is 1.37. The molecule has 0 saturated heterocycles. The van der Waals surface area contributed by atoms with E-state index in [9.17, 15) is 0 Å². The van der Waals surface area contributed by atoms with Crippen LogP contribution in [0.25, 0.3) is 0 Å². The molecule has 0 atom stereocenters. The molecule has 0 aromatic carbocycles. The van der Waals surface area contributed by atoms with Gasteiger partial charge in [0, 0.05) is 0 Å². The van der Waals surface area contributed by atoms with E-state index in [1.54, 1.807) is 0 Å². The highest BCUT2D eigenvalue weighted by atomic mass is 16.6. The first kappa shape index (κ1) is 8.87. The zero-order chi connectivity index (χ0) is 3.41. The van der Waals surface area contributed by atoms with Gasteiger partial charge in [0.1, 0.15) is 0 Å². The Bertz CT molecular complexity index is 8.85. The fourth-order valence-corrected chi connectivity index (χ4v) is 0. The Labute approximate surface area is 32.9 Å². The lowest BCUT2D eigenvalue weighted by Crippen LogP contribution is -1.94. The highest BCUT2D eigenvalue weighted by Crippen LogP contribution is 1.46. The first-order chi connectivity index (χ1) is 1.91. The molecule has 5 heavy (non-hydrogen) atoms. The molecule has 0 radical (unpaired) electrons. The Morgan fingerprint density at radius 3 is 2.00 bits per heavy atom. The van der Waals surface area contributed by atoms with Gasteiger partial charge in [-0.05, 0) is 6.92 Å². The van der Waals surface area contributed by atoms with E-state index in [1.807, 2.05) is 6.92 Å². The normalized spacial score (nSPS) is 6.00. The first-order valence-corrected chi connectivity index (χ1v) is 1.23. The molecule has 0 spiro atoms. The van der Waals surface area contributed by atoms with Gasteiger partial charge >= 0.3 is 0 Å². The van der Waals surface area contributed by atoms with Gasteiger partial charge in [-0.15, -0.1) is 0 Å². The van der Waals surface area contributed by atoms with Crippen LogP contribution in [-0.2, 0) is 4.84 Å². The fraction of sp³-hybridized carbons (Fsp3) is 1.00. The van der Waals surface area contributed by atoms with Crippen molar-refractivity contribution in [3.63, 3.8) is 0 Å². The van der Waals surface area contributed by atoms with E-state index in [2.05, 4.69) is 10.7 Å². The molecule has 0 aromatic rings. The van der Waals surface area contributed by atoms with Gasteiger partial charge in [0.05, 0.1) is 6.61 Å². The highest BCUT2D eigenvalue weighted by Gasteiger charge is 1.52. The summed E-state index contributed by atoms with van der Waals surface area (Å²) in [5, 5.41) is 0. The lowest BCUT2D eigenvalue weighted by molar-refractivity contribution is 0.152. The van der Waals surface area contributed by atoms with Crippen LogP contribution in [0.15, 0.2) is 0 Å². The Morgan fingerprint density at radius 1 is 1.80 bits per heavy atom. The van der Waals surface area contributed by atoms with E-state index in [-0.39, 0.29) is 7.43 Å². The van der Waals surface area contributed by atoms with Crippen LogP contribution in [0.1, 0.15) is 14.4 Å². The molecule has 0 bridgehead atoms. The van der Waals surface area contributed by atoms with Gasteiger partial charge in [0.25, 0.3) is 0 Å². The van der Waals surface area contributed by atoms with Crippen LogP contribution in [-0.4, -0.2) is 6.61 Å². The number of rotatable bonds is 1. The Morgan fingerprint density at radius 2 is 2.00 bits per heavy atom. The molecule has 0 saturated carbocycles. The molecule has 0 rings (SSSR count). The number of hydrogen-bond donors (Lipinski definition) is 1. The molecule has 0 amide bonds. The predicted octanol–water partition coefficient (Wildman–Crippen LogP) is 0.533. The van der Waals surface area contributed by atoms with Crippen molar-refractivity contribution < 1.29 is 4.84 Å². The first-order valence-electron chi connectivity index (χ1n) is 1.23. The SMILES string of the molecule is C.CCON. The highest BCUT2D eigenvalue weighted by molar-refractivity contribution is 3.91. The second-order valence-corrected chi connectivity index (χ2v) is 0.455. The third-order valence-electron chi connectivity index (χ3n) is 0.167. The summed E-state index contributed by atoms with van der Waals surface area (Å²) in [4.78, 5) is 4.04. The smallest absolute Gasteiger partial charge is 0.0651 e. The topological polar surface area (TPSA) is 35.2 Å². The van der Waals surface area contributed by atoms with Crippen molar-refractivity contribution in [3.05, 3.63) is 0 Å². The summed E-state index contributed by atoms with van der Waals surface area (Å²) in [6.45, 7) is 2.43. The van der Waals surface area contributed by atoms with E-state index < -0.39 is 0 Å². The van der Waals surface area contributed by atoms with Crippen molar-refractivity contribution >= 4 is 0 Å². The van der Waals surface area contributed by atoms with Gasteiger partial charge < -0.3 is 4.84 Å². The minimum atomic E-state index is 0. The maximum atomic E-state index is 4.53. The van der Waals surface area contributed by atoms with Gasteiger partial charge in [-0.1, -0.05) is 7.43 Å². The van der Waals surface area contributed by atoms with Crippen LogP contribution in [0.3, 0.4) is 0 Å². The zero-order valence-electron chi connectivity index (χ0n) is 2.69. The van der Waals surface area contributed by atoms with E-state index in [0.29, 0.717) is 6.61 Å². The van der Waals surface area contributed by atoms with Gasteiger partial charge in [0.2, 0.25) is 0 Å². The molecular weight excluding hydrogens is 66.0 g/mol. The van der Waals surface area contributed by atoms with Crippen molar-refractivity contribution in [2.75, 3.05) is 6.61 Å². The van der Waals surface area contributed by atoms with Gasteiger partial charge in [-0.2, -0.15) is 0 Å². The standard InChI is InChI=1S/C2H7NO.CH4/c1-2-4-3;/h2-3H2,1H3;1H4. The summed E-state index contributed by atoms with van der Waals surface area (Å²) < 4.78 is 0. The van der Waals surface area contributed by atoms with Gasteiger partial charge in [-0.3, -0.25) is 0 Å². The molecular formula is C3H11NO. The molecule has 0 aliphatic rings. The van der Waals surface area contributed by atoms with Crippen LogP contribution in [0.2, 0.25) is 0 Å². The second kappa shape index (κ2) is 9.07. The van der Waals surface area contributed by atoms with Crippen LogP contribution < -0.4 is 5.90 Å². The molecule has 34 valence electrons. The summed E-state index contributed by atoms with van der Waals surface area (Å²) in [5.41, 5.74) is 0. The molecule has 0 fully saturated rings. The number of hydrogen-bond acceptors (Lipinski definition) is 2. The summed E-state index contributed by atoms with van der Waals surface area (Å²) >= 11 is 0. The summed E-state index contributed by atoms with van der Waals surface area (Å²) in [7, 11) is 0. The monoisotopic (exact) mass is 77.1 g/mol. The average molecular weight is 77.1 g/mol. The lowest BCUT2D eigenvalue weighted by atomic mass is 10.9. The molecule has 0 aliphatic carbocycles. The molecule has 2 N–H and O–H groups in total. The molecule has 0 heterocycles. The zero-order valence-corrected chi connectivity index (χ0v) is 2.69. The quantitative estimate of drug-likeness (QED) is 0.463. The van der Waals surface area contributed by atoms with Crippen LogP contribution in [0.5, 0.6) is 0 Å². The number of nitrogens with two attached hydrogens (primary N) is 1. The molecule has 2 heteroatoms. The van der Waals surface area contributed by atoms with Crippen molar-refractivity contribution in [1.29, 1.82) is 0 Å². The van der Waals surface area contributed by atoms with Crippen molar-refractivity contribution in [1.82, 2.24) is 0 Å². The second-order valence-electron chi connectivity index (χ2n) is 0.455. The third kappa shape index (κ3) is 17.1. The molecule has 2 nitrogen and oxygen atoms in total. The van der Waals surface area contributed by atoms with Crippen molar-refractivity contribution in [3.8, 4) is 0 Å². The van der Waals surface area contributed by atoms with Gasteiger partial charge in [-0.25, -0.2) is 5.90 Å². The van der Waals surface area contributed by atoms with Crippen LogP contribution >= 0.6 is 0 Å². The molecule has 0 unspecified atom stereocenters. The predicted molar refractivity (Wildman–Crippen MR) is 22.5 cm³/mol. The van der Waals surface area contributed by atoms with Gasteiger partial charge in [0.15, 0.2) is 0 Å². The van der Waals surface area contributed by atoms with E-state index in [4.69, 9.17) is 0 Å². The minimum absolute atomic E-state index is 0. The summed E-state index contributed by atoms with van der Waals surface area (Å²) in [5.74, 6) is 4.53. The van der Waals surface area contributed by atoms with Crippen LogP contribution in [0, 0.1) is 0 Å². The van der Waals surface area contributed by atoms with E-state index >= 15 is 0 Å². The van der Waals surface area contributed by atoms with E-state index in [0.717, 1.165) is 0 Å². The Hall–Kier alpha value is -0.0800. The Balaban J connectivity index is 0. The minimum Gasteiger partial charge on any atom is -0.305 e. The molecule has 0 aliphatic heterocycles.